The number of nitrogens with one attached hydrogen (secondary N) is 1. The molecule has 2 rings (SSSR count). The number of halogens is 2. The van der Waals surface area contributed by atoms with E-state index in [0.29, 0.717) is 11.8 Å². The lowest BCUT2D eigenvalue weighted by atomic mass is 9.81. The number of ether oxygens (including phenoxy) is 1. The lowest BCUT2D eigenvalue weighted by Gasteiger charge is -2.42. The summed E-state index contributed by atoms with van der Waals surface area (Å²) in [6.07, 6.45) is 0. The Balaban J connectivity index is 0.00000242. The maximum Gasteiger partial charge on any atom is 0.308 e. The van der Waals surface area contributed by atoms with Gasteiger partial charge in [-0.25, -0.2) is 0 Å². The number of piperazine rings is 1. The van der Waals surface area contributed by atoms with E-state index >= 15 is 0 Å². The van der Waals surface area contributed by atoms with Gasteiger partial charge < -0.3 is 10.1 Å². The third-order valence-electron chi connectivity index (χ3n) is 3.79. The maximum atomic E-state index is 11.0. The molecule has 0 radical (unpaired) electrons. The summed E-state index contributed by atoms with van der Waals surface area (Å²) < 4.78 is 5.12. The quantitative estimate of drug-likeness (QED) is 0.660. The van der Waals surface area contributed by atoms with E-state index in [2.05, 4.69) is 43.1 Å². The lowest BCUT2D eigenvalue weighted by Crippen LogP contribution is -2.48. The molecular weight excluding hydrogens is 335 g/mol. The summed E-state index contributed by atoms with van der Waals surface area (Å²) in [5.41, 5.74) is 1.43. The zero-order valence-corrected chi connectivity index (χ0v) is 15.9. The molecule has 6 heteroatoms. The van der Waals surface area contributed by atoms with E-state index in [-0.39, 0.29) is 36.2 Å². The smallest absolute Gasteiger partial charge is 0.308 e. The highest BCUT2D eigenvalue weighted by Crippen LogP contribution is 2.38. The number of hydrogen-bond acceptors (Lipinski definition) is 4. The number of carbonyl (C=O) groups is 1. The summed E-state index contributed by atoms with van der Waals surface area (Å²) in [4.78, 5) is 13.5. The van der Waals surface area contributed by atoms with Crippen LogP contribution >= 0.6 is 24.8 Å². The van der Waals surface area contributed by atoms with Crippen molar-refractivity contribution < 1.29 is 9.53 Å². The van der Waals surface area contributed by atoms with Gasteiger partial charge in [-0.2, -0.15) is 0 Å². The van der Waals surface area contributed by atoms with E-state index in [1.165, 1.54) is 12.5 Å². The minimum atomic E-state index is -0.280. The van der Waals surface area contributed by atoms with Crippen molar-refractivity contribution in [2.45, 2.75) is 33.7 Å². The van der Waals surface area contributed by atoms with Gasteiger partial charge in [0.1, 0.15) is 5.75 Å². The van der Waals surface area contributed by atoms with Crippen LogP contribution in [0.25, 0.3) is 0 Å². The van der Waals surface area contributed by atoms with Crippen LogP contribution in [-0.2, 0) is 4.79 Å². The third kappa shape index (κ3) is 6.30. The Morgan fingerprint density at radius 2 is 1.65 bits per heavy atom. The molecule has 0 amide bonds. The molecule has 0 aromatic heterocycles. The molecule has 1 heterocycles. The fourth-order valence-electron chi connectivity index (χ4n) is 3.08. The molecule has 1 aliphatic rings. The second-order valence-corrected chi connectivity index (χ2v) is 6.72. The van der Waals surface area contributed by atoms with E-state index in [4.69, 9.17) is 4.74 Å². The second kappa shape index (κ2) is 9.48. The van der Waals surface area contributed by atoms with Gasteiger partial charge in [-0.1, -0.05) is 32.9 Å². The van der Waals surface area contributed by atoms with E-state index in [9.17, 15) is 4.79 Å². The van der Waals surface area contributed by atoms with Crippen LogP contribution in [0.15, 0.2) is 24.3 Å². The van der Waals surface area contributed by atoms with E-state index in [0.717, 1.165) is 26.2 Å². The first-order chi connectivity index (χ1) is 9.88. The standard InChI is InChI=1S/C17H26N2O2.2ClH/c1-13(20)21-15-7-5-14(6-8-15)16(17(2,3)4)19-11-9-18-10-12-19;;/h5-8,16,18H,9-12H2,1-4H3;2*1H/t16-;;/m0../s1. The molecule has 1 aromatic rings. The molecule has 132 valence electrons. The SMILES string of the molecule is CC(=O)Oc1ccc([C@H](N2CCNCC2)C(C)(C)C)cc1.Cl.Cl. The molecule has 0 unspecified atom stereocenters. The number of benzene rings is 1. The maximum absolute atomic E-state index is 11.0. The second-order valence-electron chi connectivity index (χ2n) is 6.72. The first kappa shape index (κ1) is 22.2. The minimum absolute atomic E-state index is 0. The van der Waals surface area contributed by atoms with Crippen LogP contribution in [0.2, 0.25) is 0 Å². The third-order valence-corrected chi connectivity index (χ3v) is 3.79. The van der Waals surface area contributed by atoms with Crippen molar-refractivity contribution in [3.05, 3.63) is 29.8 Å². The minimum Gasteiger partial charge on any atom is -0.427 e. The Bertz CT molecular complexity index is 480. The molecule has 1 aromatic carbocycles. The van der Waals surface area contributed by atoms with Gasteiger partial charge in [0.25, 0.3) is 0 Å². The van der Waals surface area contributed by atoms with Crippen LogP contribution < -0.4 is 10.1 Å². The van der Waals surface area contributed by atoms with Gasteiger partial charge in [0.15, 0.2) is 0 Å². The lowest BCUT2D eigenvalue weighted by molar-refractivity contribution is -0.131. The molecular formula is C17H28Cl2N2O2. The fraction of sp³-hybridized carbons (Fsp3) is 0.588. The molecule has 1 fully saturated rings. The Labute approximate surface area is 151 Å². The van der Waals surface area contributed by atoms with Gasteiger partial charge in [-0.3, -0.25) is 9.69 Å². The summed E-state index contributed by atoms with van der Waals surface area (Å²) >= 11 is 0. The topological polar surface area (TPSA) is 41.6 Å². The average molecular weight is 363 g/mol. The Morgan fingerprint density at radius 1 is 1.13 bits per heavy atom. The molecule has 23 heavy (non-hydrogen) atoms. The average Bonchev–Trinajstić information content (AvgIpc) is 2.40. The molecule has 1 atom stereocenters. The van der Waals surface area contributed by atoms with Crippen molar-refractivity contribution in [3.8, 4) is 5.75 Å². The highest BCUT2D eigenvalue weighted by Gasteiger charge is 2.32. The monoisotopic (exact) mass is 362 g/mol. The number of nitrogens with zero attached hydrogens (tertiary/aromatic N) is 1. The molecule has 1 aliphatic heterocycles. The molecule has 0 saturated carbocycles. The van der Waals surface area contributed by atoms with Gasteiger partial charge >= 0.3 is 5.97 Å². The predicted molar refractivity (Wildman–Crippen MR) is 98.9 cm³/mol. The fourth-order valence-corrected chi connectivity index (χ4v) is 3.08. The van der Waals surface area contributed by atoms with Crippen LogP contribution in [0, 0.1) is 5.41 Å². The van der Waals surface area contributed by atoms with Crippen molar-refractivity contribution in [3.63, 3.8) is 0 Å². The van der Waals surface area contributed by atoms with Crippen molar-refractivity contribution in [2.24, 2.45) is 5.41 Å². The zero-order chi connectivity index (χ0) is 15.5. The highest BCUT2D eigenvalue weighted by atomic mass is 35.5. The normalized spacial score (nSPS) is 16.7. The van der Waals surface area contributed by atoms with Gasteiger partial charge in [0.05, 0.1) is 0 Å². The molecule has 0 aliphatic carbocycles. The molecule has 0 spiro atoms. The first-order valence-electron chi connectivity index (χ1n) is 7.61. The van der Waals surface area contributed by atoms with E-state index < -0.39 is 0 Å². The summed E-state index contributed by atoms with van der Waals surface area (Å²) in [5.74, 6) is 0.330. The van der Waals surface area contributed by atoms with E-state index in [1.807, 2.05) is 12.1 Å². The van der Waals surface area contributed by atoms with Crippen LogP contribution in [0.5, 0.6) is 5.75 Å². The first-order valence-corrected chi connectivity index (χ1v) is 7.61. The van der Waals surface area contributed by atoms with Gasteiger partial charge in [-0.15, -0.1) is 24.8 Å². The summed E-state index contributed by atoms with van der Waals surface area (Å²) in [6, 6.07) is 8.30. The van der Waals surface area contributed by atoms with Crippen molar-refractivity contribution in [1.82, 2.24) is 10.2 Å². The largest absolute Gasteiger partial charge is 0.427 e. The Hall–Kier alpha value is -0.810. The summed E-state index contributed by atoms with van der Waals surface area (Å²) in [5, 5.41) is 3.40. The van der Waals surface area contributed by atoms with Crippen LogP contribution in [-0.4, -0.2) is 37.0 Å². The molecule has 4 nitrogen and oxygen atoms in total. The Morgan fingerprint density at radius 3 is 2.09 bits per heavy atom. The van der Waals surface area contributed by atoms with Crippen molar-refractivity contribution in [1.29, 1.82) is 0 Å². The molecule has 1 saturated heterocycles. The van der Waals surface area contributed by atoms with Crippen LogP contribution in [0.3, 0.4) is 0 Å². The van der Waals surface area contributed by atoms with Gasteiger partial charge in [0, 0.05) is 39.1 Å². The van der Waals surface area contributed by atoms with Crippen molar-refractivity contribution >= 4 is 30.8 Å². The number of esters is 1. The van der Waals surface area contributed by atoms with Gasteiger partial charge in [-0.05, 0) is 23.1 Å². The van der Waals surface area contributed by atoms with Gasteiger partial charge in [0.2, 0.25) is 0 Å². The zero-order valence-electron chi connectivity index (χ0n) is 14.3. The molecule has 1 N–H and O–H groups in total. The number of rotatable bonds is 3. The predicted octanol–water partition coefficient (Wildman–Crippen LogP) is 3.45. The summed E-state index contributed by atoms with van der Waals surface area (Å²) in [6.45, 7) is 12.5. The number of carbonyl (C=O) groups excluding carboxylic acids is 1. The van der Waals surface area contributed by atoms with Crippen molar-refractivity contribution in [2.75, 3.05) is 26.2 Å². The number of hydrogen-bond donors (Lipinski definition) is 1. The van der Waals surface area contributed by atoms with Crippen LogP contribution in [0.1, 0.15) is 39.3 Å². The summed E-state index contributed by atoms with van der Waals surface area (Å²) in [7, 11) is 0. The Kier molecular flexibility index (Phi) is 9.14. The van der Waals surface area contributed by atoms with Crippen LogP contribution in [0.4, 0.5) is 0 Å². The highest BCUT2D eigenvalue weighted by molar-refractivity contribution is 5.85. The molecule has 0 bridgehead atoms. The van der Waals surface area contributed by atoms with E-state index in [1.54, 1.807) is 0 Å².